The van der Waals surface area contributed by atoms with Gasteiger partial charge < -0.3 is 9.32 Å². The summed E-state index contributed by atoms with van der Waals surface area (Å²) in [5, 5.41) is 7.15. The number of rotatable bonds is 5. The number of anilines is 3. The van der Waals surface area contributed by atoms with Gasteiger partial charge in [-0.15, -0.1) is 11.3 Å². The maximum atomic E-state index is 6.95. The minimum absolute atomic E-state index is 0.0517. The molecule has 0 saturated heterocycles. The molecule has 0 bridgehead atoms. The lowest BCUT2D eigenvalue weighted by Gasteiger charge is -2.26. The molecule has 1 aliphatic carbocycles. The third-order valence-electron chi connectivity index (χ3n) is 12.5. The quantitative estimate of drug-likeness (QED) is 0.174. The molecule has 0 fully saturated rings. The molecule has 0 saturated carbocycles. The monoisotopic (exact) mass is 759 g/mol. The highest BCUT2D eigenvalue weighted by atomic mass is 32.1. The minimum atomic E-state index is -0.0517. The Hall–Kier alpha value is -6.94. The fraction of sp³-hybridized carbons (Fsp3) is 0.0545. The largest absolute Gasteiger partial charge is 0.453 e. The second kappa shape index (κ2) is 12.5. The van der Waals surface area contributed by atoms with Crippen molar-refractivity contribution in [2.24, 2.45) is 0 Å². The Bertz CT molecular complexity index is 3420. The average molecular weight is 760 g/mol. The molecule has 2 heterocycles. The molecule has 58 heavy (non-hydrogen) atoms. The van der Waals surface area contributed by atoms with E-state index in [1.54, 1.807) is 0 Å². The van der Waals surface area contributed by atoms with Crippen LogP contribution in [0.1, 0.15) is 25.0 Å². The Morgan fingerprint density at radius 3 is 1.84 bits per heavy atom. The van der Waals surface area contributed by atoms with E-state index in [-0.39, 0.29) is 5.41 Å². The van der Waals surface area contributed by atoms with Crippen LogP contribution in [-0.2, 0) is 5.41 Å². The summed E-state index contributed by atoms with van der Waals surface area (Å²) in [6, 6.07) is 68.7. The number of para-hydroxylation sites is 1. The normalized spacial score (nSPS) is 13.1. The van der Waals surface area contributed by atoms with Crippen LogP contribution in [0.4, 0.5) is 17.1 Å². The predicted octanol–water partition coefficient (Wildman–Crippen LogP) is 16.2. The van der Waals surface area contributed by atoms with Crippen molar-refractivity contribution in [3.63, 3.8) is 0 Å². The molecule has 11 aromatic rings. The first-order valence-electron chi connectivity index (χ1n) is 20.0. The third-order valence-corrected chi connectivity index (χ3v) is 13.7. The molecule has 2 aromatic heterocycles. The lowest BCUT2D eigenvalue weighted by atomic mass is 9.82. The van der Waals surface area contributed by atoms with Gasteiger partial charge >= 0.3 is 0 Å². The van der Waals surface area contributed by atoms with Gasteiger partial charge in [-0.1, -0.05) is 159 Å². The highest BCUT2D eigenvalue weighted by molar-refractivity contribution is 7.26. The molecule has 0 N–H and O–H groups in total. The maximum Gasteiger partial charge on any atom is 0.159 e. The summed E-state index contributed by atoms with van der Waals surface area (Å²) < 4.78 is 9.58. The van der Waals surface area contributed by atoms with Crippen LogP contribution in [-0.4, -0.2) is 0 Å². The molecule has 12 rings (SSSR count). The standard InChI is InChI=1S/C55H37NOS/c1-55(2)47-20-7-5-15-46(47)51-39(16-10-21-48(51)55)35-24-29-37(30-25-35)56(49-22-11-18-43-44-33-28-34-12-3-4-13-40(34)52(44)57-53(43)49)38-31-26-36(27-32-38)41-17-9-19-45-42-14-6-8-23-50(42)58-54(41)45/h3-33H,1-2H3. The number of thiophene rings is 1. The van der Waals surface area contributed by atoms with E-state index in [9.17, 15) is 0 Å². The van der Waals surface area contributed by atoms with Gasteiger partial charge in [0.05, 0.1) is 5.69 Å². The highest BCUT2D eigenvalue weighted by Gasteiger charge is 2.36. The Morgan fingerprint density at radius 2 is 1.02 bits per heavy atom. The van der Waals surface area contributed by atoms with Gasteiger partial charge in [0, 0.05) is 53.1 Å². The van der Waals surface area contributed by atoms with Crippen molar-refractivity contribution < 1.29 is 4.42 Å². The van der Waals surface area contributed by atoms with Gasteiger partial charge in [-0.2, -0.15) is 0 Å². The van der Waals surface area contributed by atoms with Crippen LogP contribution in [0.25, 0.3) is 86.3 Å². The van der Waals surface area contributed by atoms with Crippen molar-refractivity contribution in [1.82, 2.24) is 0 Å². The summed E-state index contributed by atoms with van der Waals surface area (Å²) in [5.74, 6) is 0. The number of hydrogen-bond acceptors (Lipinski definition) is 3. The van der Waals surface area contributed by atoms with E-state index < -0.39 is 0 Å². The molecule has 0 spiro atoms. The number of hydrogen-bond donors (Lipinski definition) is 0. The van der Waals surface area contributed by atoms with E-state index in [1.165, 1.54) is 70.1 Å². The SMILES string of the molecule is CC1(C)c2ccccc2-c2c(-c3ccc(N(c4ccc(-c5cccc6c5sc5ccccc56)cc4)c4cccc5c4oc4c6ccccc6ccc54)cc3)cccc21. The van der Waals surface area contributed by atoms with E-state index in [0.29, 0.717) is 0 Å². The summed E-state index contributed by atoms with van der Waals surface area (Å²) in [5.41, 5.74) is 15.2. The van der Waals surface area contributed by atoms with E-state index in [0.717, 1.165) is 44.4 Å². The van der Waals surface area contributed by atoms with Crippen LogP contribution in [0.3, 0.4) is 0 Å². The molecule has 9 aromatic carbocycles. The Kier molecular flexibility index (Phi) is 7.18. The van der Waals surface area contributed by atoms with Gasteiger partial charge in [0.25, 0.3) is 0 Å². The molecular weight excluding hydrogens is 723 g/mol. The fourth-order valence-electron chi connectivity index (χ4n) is 9.66. The van der Waals surface area contributed by atoms with E-state index in [4.69, 9.17) is 4.42 Å². The zero-order chi connectivity index (χ0) is 38.5. The predicted molar refractivity (Wildman–Crippen MR) is 247 cm³/mol. The summed E-state index contributed by atoms with van der Waals surface area (Å²) in [6.07, 6.45) is 0. The van der Waals surface area contributed by atoms with Crippen molar-refractivity contribution in [3.05, 3.63) is 199 Å². The summed E-state index contributed by atoms with van der Waals surface area (Å²) in [6.45, 7) is 4.69. The summed E-state index contributed by atoms with van der Waals surface area (Å²) in [7, 11) is 0. The van der Waals surface area contributed by atoms with Crippen LogP contribution in [0.15, 0.2) is 192 Å². The van der Waals surface area contributed by atoms with Crippen molar-refractivity contribution in [2.75, 3.05) is 4.90 Å². The Morgan fingerprint density at radius 1 is 0.431 bits per heavy atom. The molecule has 0 unspecified atom stereocenters. The average Bonchev–Trinajstić information content (AvgIpc) is 3.93. The fourth-order valence-corrected chi connectivity index (χ4v) is 10.9. The summed E-state index contributed by atoms with van der Waals surface area (Å²) >= 11 is 1.87. The van der Waals surface area contributed by atoms with Crippen molar-refractivity contribution in [1.29, 1.82) is 0 Å². The lowest BCUT2D eigenvalue weighted by molar-refractivity contribution is 0.660. The van der Waals surface area contributed by atoms with Crippen LogP contribution >= 0.6 is 11.3 Å². The molecule has 3 heteroatoms. The van der Waals surface area contributed by atoms with Gasteiger partial charge in [-0.25, -0.2) is 0 Å². The number of benzene rings is 9. The van der Waals surface area contributed by atoms with E-state index >= 15 is 0 Å². The third kappa shape index (κ3) is 4.84. The molecule has 2 nitrogen and oxygen atoms in total. The first-order valence-corrected chi connectivity index (χ1v) is 20.8. The molecule has 0 aliphatic heterocycles. The van der Waals surface area contributed by atoms with E-state index in [1.807, 2.05) is 11.3 Å². The van der Waals surface area contributed by atoms with E-state index in [2.05, 4.69) is 207 Å². The van der Waals surface area contributed by atoms with Gasteiger partial charge in [0.2, 0.25) is 0 Å². The zero-order valence-corrected chi connectivity index (χ0v) is 33.0. The topological polar surface area (TPSA) is 16.4 Å². The van der Waals surface area contributed by atoms with Gasteiger partial charge in [-0.3, -0.25) is 0 Å². The molecular formula is C55H37NOS. The van der Waals surface area contributed by atoms with Gasteiger partial charge in [0.15, 0.2) is 5.58 Å². The van der Waals surface area contributed by atoms with Crippen LogP contribution in [0.5, 0.6) is 0 Å². The summed E-state index contributed by atoms with van der Waals surface area (Å²) in [4.78, 5) is 2.36. The van der Waals surface area contributed by atoms with Crippen LogP contribution in [0.2, 0.25) is 0 Å². The highest BCUT2D eigenvalue weighted by Crippen LogP contribution is 2.52. The second-order valence-corrected chi connectivity index (χ2v) is 17.1. The smallest absolute Gasteiger partial charge is 0.159 e. The van der Waals surface area contributed by atoms with Gasteiger partial charge in [0.1, 0.15) is 5.58 Å². The molecule has 274 valence electrons. The number of fused-ring (bicyclic) bond motifs is 11. The number of furan rings is 1. The first kappa shape index (κ1) is 33.2. The Labute approximate surface area is 340 Å². The van der Waals surface area contributed by atoms with Crippen molar-refractivity contribution in [2.45, 2.75) is 19.3 Å². The second-order valence-electron chi connectivity index (χ2n) is 16.0. The molecule has 0 amide bonds. The zero-order valence-electron chi connectivity index (χ0n) is 32.2. The number of nitrogens with zero attached hydrogens (tertiary/aromatic N) is 1. The van der Waals surface area contributed by atoms with Gasteiger partial charge in [-0.05, 0) is 92.4 Å². The molecule has 0 radical (unpaired) electrons. The van der Waals surface area contributed by atoms with Crippen LogP contribution < -0.4 is 4.90 Å². The maximum absolute atomic E-state index is 6.95. The minimum Gasteiger partial charge on any atom is -0.453 e. The van der Waals surface area contributed by atoms with Crippen molar-refractivity contribution >= 4 is 81.3 Å². The Balaban J connectivity index is 1.02. The molecule has 1 aliphatic rings. The molecule has 0 atom stereocenters. The lowest BCUT2D eigenvalue weighted by Crippen LogP contribution is -2.14. The van der Waals surface area contributed by atoms with Crippen molar-refractivity contribution in [3.8, 4) is 33.4 Å². The van der Waals surface area contributed by atoms with Crippen LogP contribution in [0, 0.1) is 0 Å². The first-order chi connectivity index (χ1) is 28.5.